The quantitative estimate of drug-likeness (QED) is 0.569. The zero-order valence-electron chi connectivity index (χ0n) is 13.5. The van der Waals surface area contributed by atoms with Gasteiger partial charge in [-0.25, -0.2) is 0 Å². The fourth-order valence-corrected chi connectivity index (χ4v) is 3.65. The number of aromatic nitrogens is 2. The molecule has 126 valence electrons. The van der Waals surface area contributed by atoms with Crippen molar-refractivity contribution in [2.45, 2.75) is 11.3 Å². The molecule has 1 heterocycles. The highest BCUT2D eigenvalue weighted by Crippen LogP contribution is 2.29. The van der Waals surface area contributed by atoms with E-state index in [9.17, 15) is 0 Å². The average Bonchev–Trinajstić information content (AvgIpc) is 3.09. The number of rotatable bonds is 7. The Morgan fingerprint density at radius 3 is 2.56 bits per heavy atom. The number of benzene rings is 2. The molecule has 0 aliphatic heterocycles. The Morgan fingerprint density at radius 1 is 1.12 bits per heavy atom. The van der Waals surface area contributed by atoms with E-state index < -0.39 is 0 Å². The summed E-state index contributed by atoms with van der Waals surface area (Å²) in [5, 5.41) is 21.0. The lowest BCUT2D eigenvalue weighted by molar-refractivity contribution is 0.483. The molecule has 0 radical (unpaired) electrons. The molecule has 25 heavy (non-hydrogen) atoms. The molecule has 5 nitrogen and oxygen atoms in total. The summed E-state index contributed by atoms with van der Waals surface area (Å²) in [4.78, 5) is 0. The lowest BCUT2D eigenvalue weighted by Crippen LogP contribution is -1.92. The molecule has 7 heteroatoms. The van der Waals surface area contributed by atoms with Crippen LogP contribution in [-0.2, 0) is 0 Å². The van der Waals surface area contributed by atoms with E-state index in [0.29, 0.717) is 0 Å². The van der Waals surface area contributed by atoms with Gasteiger partial charge in [0.2, 0.25) is 5.13 Å². The van der Waals surface area contributed by atoms with E-state index in [1.54, 1.807) is 11.8 Å². The van der Waals surface area contributed by atoms with Crippen molar-refractivity contribution in [3.63, 3.8) is 0 Å². The van der Waals surface area contributed by atoms with Gasteiger partial charge in [0.05, 0.1) is 12.0 Å². The van der Waals surface area contributed by atoms with Gasteiger partial charge in [0.1, 0.15) is 11.5 Å². The maximum atomic E-state index is 8.81. The normalized spacial score (nSPS) is 11.5. The van der Waals surface area contributed by atoms with Crippen LogP contribution in [0.2, 0.25) is 0 Å². The first-order valence-corrected chi connectivity index (χ1v) is 9.49. The van der Waals surface area contributed by atoms with Crippen LogP contribution in [0.25, 0.3) is 0 Å². The molecule has 0 unspecified atom stereocenters. The number of nitrogens with one attached hydrogen (secondary N) is 1. The van der Waals surface area contributed by atoms with E-state index in [4.69, 9.17) is 10.00 Å². The van der Waals surface area contributed by atoms with Crippen LogP contribution in [0.3, 0.4) is 0 Å². The van der Waals surface area contributed by atoms with E-state index in [1.807, 2.05) is 61.5 Å². The second-order valence-corrected chi connectivity index (χ2v) is 7.52. The van der Waals surface area contributed by atoms with Crippen molar-refractivity contribution in [2.24, 2.45) is 5.92 Å². The summed E-state index contributed by atoms with van der Waals surface area (Å²) < 4.78 is 6.63. The molecule has 0 amide bonds. The lowest BCUT2D eigenvalue weighted by Gasteiger charge is -2.06. The van der Waals surface area contributed by atoms with Crippen LogP contribution in [-0.4, -0.2) is 16.0 Å². The topological polar surface area (TPSA) is 70.8 Å². The van der Waals surface area contributed by atoms with Gasteiger partial charge in [-0.2, -0.15) is 5.26 Å². The standard InChI is InChI=1S/C18H16N4OS2/c1-13(11-19)12-24-18-22-21-17(25-18)20-14-7-9-16(10-8-14)23-15-5-3-2-4-6-15/h2-10,13H,12H2,1H3,(H,20,21)/t13-/m0/s1. The van der Waals surface area contributed by atoms with Crippen LogP contribution < -0.4 is 10.1 Å². The van der Waals surface area contributed by atoms with Crippen molar-refractivity contribution in [1.82, 2.24) is 10.2 Å². The highest BCUT2D eigenvalue weighted by atomic mass is 32.2. The van der Waals surface area contributed by atoms with Gasteiger partial charge in [-0.15, -0.1) is 10.2 Å². The molecule has 1 aromatic heterocycles. The van der Waals surface area contributed by atoms with E-state index in [0.717, 1.165) is 32.4 Å². The van der Waals surface area contributed by atoms with Crippen molar-refractivity contribution in [3.8, 4) is 17.6 Å². The van der Waals surface area contributed by atoms with Crippen LogP contribution in [0.1, 0.15) is 6.92 Å². The molecule has 3 rings (SSSR count). The SMILES string of the molecule is C[C@@H](C#N)CSc1nnc(Nc2ccc(Oc3ccccc3)cc2)s1. The average molecular weight is 368 g/mol. The molecule has 0 fully saturated rings. The number of ether oxygens (including phenoxy) is 1. The largest absolute Gasteiger partial charge is 0.457 e. The van der Waals surface area contributed by atoms with Crippen LogP contribution in [0.15, 0.2) is 58.9 Å². The lowest BCUT2D eigenvalue weighted by atomic mass is 10.3. The Kier molecular flexibility index (Phi) is 5.88. The monoisotopic (exact) mass is 368 g/mol. The fourth-order valence-electron chi connectivity index (χ4n) is 1.91. The van der Waals surface area contributed by atoms with Crippen molar-refractivity contribution in [1.29, 1.82) is 5.26 Å². The number of para-hydroxylation sites is 1. The number of hydrogen-bond donors (Lipinski definition) is 1. The summed E-state index contributed by atoms with van der Waals surface area (Å²) in [5.41, 5.74) is 0.915. The third-order valence-electron chi connectivity index (χ3n) is 3.17. The molecule has 3 aromatic rings. The van der Waals surface area contributed by atoms with Crippen LogP contribution in [0, 0.1) is 17.2 Å². The van der Waals surface area contributed by atoms with E-state index in [1.165, 1.54) is 11.3 Å². The van der Waals surface area contributed by atoms with Gasteiger partial charge in [0.15, 0.2) is 4.34 Å². The van der Waals surface area contributed by atoms with Gasteiger partial charge >= 0.3 is 0 Å². The van der Waals surface area contributed by atoms with Crippen LogP contribution >= 0.6 is 23.1 Å². The smallest absolute Gasteiger partial charge is 0.210 e. The van der Waals surface area contributed by atoms with Gasteiger partial charge in [0, 0.05) is 11.4 Å². The van der Waals surface area contributed by atoms with Gasteiger partial charge in [-0.3, -0.25) is 0 Å². The summed E-state index contributed by atoms with van der Waals surface area (Å²) in [6.45, 7) is 1.90. The Labute approximate surface area is 154 Å². The molecular formula is C18H16N4OS2. The fraction of sp³-hybridized carbons (Fsp3) is 0.167. The number of anilines is 2. The van der Waals surface area contributed by atoms with Gasteiger partial charge in [0.25, 0.3) is 0 Å². The first-order valence-electron chi connectivity index (χ1n) is 7.69. The minimum Gasteiger partial charge on any atom is -0.457 e. The van der Waals surface area contributed by atoms with Crippen molar-refractivity contribution >= 4 is 33.9 Å². The number of nitriles is 1. The summed E-state index contributed by atoms with van der Waals surface area (Å²) in [6, 6.07) is 19.6. The van der Waals surface area contributed by atoms with Crippen LogP contribution in [0.5, 0.6) is 11.5 Å². The van der Waals surface area contributed by atoms with E-state index >= 15 is 0 Å². The highest BCUT2D eigenvalue weighted by Gasteiger charge is 2.08. The minimum absolute atomic E-state index is 0.00229. The molecule has 2 aromatic carbocycles. The van der Waals surface area contributed by atoms with Crippen molar-refractivity contribution in [2.75, 3.05) is 11.1 Å². The summed E-state index contributed by atoms with van der Waals surface area (Å²) >= 11 is 3.03. The second-order valence-electron chi connectivity index (χ2n) is 5.28. The molecule has 0 aliphatic rings. The summed E-state index contributed by atoms with van der Waals surface area (Å²) in [7, 11) is 0. The van der Waals surface area contributed by atoms with Gasteiger partial charge in [-0.05, 0) is 43.3 Å². The van der Waals surface area contributed by atoms with E-state index in [-0.39, 0.29) is 5.92 Å². The summed E-state index contributed by atoms with van der Waals surface area (Å²) in [5.74, 6) is 2.30. The minimum atomic E-state index is 0.00229. The molecule has 0 saturated heterocycles. The predicted octanol–water partition coefficient (Wildman–Crippen LogP) is 5.33. The molecule has 0 bridgehead atoms. The molecule has 0 spiro atoms. The first kappa shape index (κ1) is 17.3. The number of nitrogens with zero attached hydrogens (tertiary/aromatic N) is 3. The third kappa shape index (κ3) is 5.21. The predicted molar refractivity (Wildman–Crippen MR) is 102 cm³/mol. The zero-order valence-corrected chi connectivity index (χ0v) is 15.2. The Balaban J connectivity index is 1.56. The summed E-state index contributed by atoms with van der Waals surface area (Å²) in [6.07, 6.45) is 0. The molecular weight excluding hydrogens is 352 g/mol. The number of thioether (sulfide) groups is 1. The van der Waals surface area contributed by atoms with Crippen LogP contribution in [0.4, 0.5) is 10.8 Å². The van der Waals surface area contributed by atoms with Gasteiger partial charge < -0.3 is 10.1 Å². The number of hydrogen-bond acceptors (Lipinski definition) is 7. The second kappa shape index (κ2) is 8.51. The first-order chi connectivity index (χ1) is 12.2. The molecule has 1 atom stereocenters. The third-order valence-corrected chi connectivity index (χ3v) is 5.40. The molecule has 0 aliphatic carbocycles. The maximum absolute atomic E-state index is 8.81. The van der Waals surface area contributed by atoms with Gasteiger partial charge in [-0.1, -0.05) is 41.3 Å². The van der Waals surface area contributed by atoms with Crippen molar-refractivity contribution < 1.29 is 4.74 Å². The van der Waals surface area contributed by atoms with Crippen molar-refractivity contribution in [3.05, 3.63) is 54.6 Å². The Bertz CT molecular complexity index is 844. The van der Waals surface area contributed by atoms with E-state index in [2.05, 4.69) is 21.6 Å². The molecule has 1 N–H and O–H groups in total. The zero-order chi connectivity index (χ0) is 17.5. The maximum Gasteiger partial charge on any atom is 0.210 e. The molecule has 0 saturated carbocycles. The Hall–Kier alpha value is -2.56. The Morgan fingerprint density at radius 2 is 1.84 bits per heavy atom. The highest BCUT2D eigenvalue weighted by molar-refractivity contribution is 8.01.